The average molecular weight is 470 g/mol. The third-order valence-electron chi connectivity index (χ3n) is 6.66. The number of amides is 1. The lowest BCUT2D eigenvalue weighted by atomic mass is 9.52. The van der Waals surface area contributed by atoms with Crippen LogP contribution in [-0.2, 0) is 11.3 Å². The lowest BCUT2D eigenvalue weighted by molar-refractivity contribution is -0.114. The molecule has 5 heteroatoms. The molecule has 5 rings (SSSR count). The highest BCUT2D eigenvalue weighted by Crippen LogP contribution is 2.57. The van der Waals surface area contributed by atoms with Crippen LogP contribution in [0.2, 0.25) is 0 Å². The zero-order valence-corrected chi connectivity index (χ0v) is 18.1. The van der Waals surface area contributed by atoms with Crippen molar-refractivity contribution in [3.05, 3.63) is 26.6 Å². The van der Waals surface area contributed by atoms with Gasteiger partial charge in [-0.3, -0.25) is 9.69 Å². The molecule has 0 aromatic heterocycles. The summed E-state index contributed by atoms with van der Waals surface area (Å²) in [5, 5.41) is 3.01. The summed E-state index contributed by atoms with van der Waals surface area (Å²) in [6.07, 6.45) is 8.48. The Hall–Kier alpha value is -0.390. The first-order valence-corrected chi connectivity index (χ1v) is 10.9. The Kier molecular flexibility index (Phi) is 4.79. The molecule has 0 unspecified atom stereocenters. The van der Waals surface area contributed by atoms with E-state index in [2.05, 4.69) is 55.2 Å². The third-order valence-corrected chi connectivity index (χ3v) is 7.74. The Morgan fingerprint density at radius 3 is 2.24 bits per heavy atom. The molecule has 4 aliphatic rings. The highest BCUT2D eigenvalue weighted by atomic mass is 79.9. The van der Waals surface area contributed by atoms with Crippen molar-refractivity contribution in [3.63, 3.8) is 0 Å². The van der Waals surface area contributed by atoms with E-state index in [-0.39, 0.29) is 5.91 Å². The summed E-state index contributed by atoms with van der Waals surface area (Å²) in [6, 6.07) is 4.15. The van der Waals surface area contributed by atoms with Crippen molar-refractivity contribution in [2.75, 3.05) is 12.4 Å². The number of anilines is 1. The Balaban J connectivity index is 1.61. The summed E-state index contributed by atoms with van der Waals surface area (Å²) in [5.74, 6) is 2.80. The van der Waals surface area contributed by atoms with Crippen LogP contribution in [0.3, 0.4) is 0 Å². The molecular formula is C20H26Br2N2O. The molecule has 0 aliphatic heterocycles. The lowest BCUT2D eigenvalue weighted by Gasteiger charge is -2.60. The van der Waals surface area contributed by atoms with Crippen LogP contribution in [0.1, 0.15) is 51.0 Å². The molecule has 25 heavy (non-hydrogen) atoms. The number of benzene rings is 1. The van der Waals surface area contributed by atoms with Crippen LogP contribution < -0.4 is 5.32 Å². The van der Waals surface area contributed by atoms with E-state index in [1.54, 1.807) is 6.92 Å². The second-order valence-corrected chi connectivity index (χ2v) is 10.4. The van der Waals surface area contributed by atoms with Gasteiger partial charge >= 0.3 is 0 Å². The molecule has 4 bridgehead atoms. The molecule has 4 saturated carbocycles. The standard InChI is InChI=1S/C20H26Br2N2O/c1-12(25)23-19-16(6-17(21)7-18(19)22)11-24(2)20-8-13-3-14(9-20)5-15(4-13)10-20/h6-7,13-15H,3-5,8-11H2,1-2H3,(H,23,25). The molecule has 1 aromatic rings. The number of nitrogens with zero attached hydrogens (tertiary/aromatic N) is 1. The Morgan fingerprint density at radius 1 is 1.16 bits per heavy atom. The average Bonchev–Trinajstić information content (AvgIpc) is 2.49. The zero-order chi connectivity index (χ0) is 17.8. The number of nitrogens with one attached hydrogen (secondary N) is 1. The summed E-state index contributed by atoms with van der Waals surface area (Å²) >= 11 is 7.22. The first-order valence-electron chi connectivity index (χ1n) is 9.31. The van der Waals surface area contributed by atoms with Crippen LogP contribution >= 0.6 is 31.9 Å². The maximum absolute atomic E-state index is 11.7. The maximum atomic E-state index is 11.7. The number of halogens is 2. The molecule has 1 N–H and O–H groups in total. The topological polar surface area (TPSA) is 32.3 Å². The van der Waals surface area contributed by atoms with Gasteiger partial charge in [-0.25, -0.2) is 0 Å². The van der Waals surface area contributed by atoms with Crippen LogP contribution in [0.4, 0.5) is 5.69 Å². The second-order valence-electron chi connectivity index (χ2n) is 8.60. The van der Waals surface area contributed by atoms with Crippen LogP contribution in [0.15, 0.2) is 21.1 Å². The van der Waals surface area contributed by atoms with Crippen LogP contribution in [-0.4, -0.2) is 23.4 Å². The fraction of sp³-hybridized carbons (Fsp3) is 0.650. The summed E-state index contributed by atoms with van der Waals surface area (Å²) in [4.78, 5) is 14.2. The molecule has 136 valence electrons. The van der Waals surface area contributed by atoms with E-state index >= 15 is 0 Å². The van der Waals surface area contributed by atoms with Gasteiger partial charge < -0.3 is 5.32 Å². The highest BCUT2D eigenvalue weighted by molar-refractivity contribution is 9.11. The predicted molar refractivity (Wildman–Crippen MR) is 109 cm³/mol. The normalized spacial score (nSPS) is 33.1. The van der Waals surface area contributed by atoms with E-state index in [9.17, 15) is 4.79 Å². The van der Waals surface area contributed by atoms with Gasteiger partial charge in [0, 0.05) is 28.0 Å². The van der Waals surface area contributed by atoms with E-state index in [4.69, 9.17) is 0 Å². The minimum atomic E-state index is -0.0262. The molecule has 1 amide bonds. The van der Waals surface area contributed by atoms with Crippen molar-refractivity contribution >= 4 is 43.5 Å². The van der Waals surface area contributed by atoms with Crippen LogP contribution in [0.5, 0.6) is 0 Å². The molecule has 0 saturated heterocycles. The highest BCUT2D eigenvalue weighted by Gasteiger charge is 2.52. The fourth-order valence-electron chi connectivity index (χ4n) is 6.02. The number of rotatable bonds is 4. The minimum Gasteiger partial charge on any atom is -0.325 e. The summed E-state index contributed by atoms with van der Waals surface area (Å²) in [7, 11) is 2.29. The first kappa shape index (κ1) is 18.0. The van der Waals surface area contributed by atoms with Gasteiger partial charge in [-0.2, -0.15) is 0 Å². The van der Waals surface area contributed by atoms with Crippen molar-refractivity contribution in [2.24, 2.45) is 17.8 Å². The van der Waals surface area contributed by atoms with Crippen molar-refractivity contribution in [2.45, 2.75) is 57.5 Å². The summed E-state index contributed by atoms with van der Waals surface area (Å²) in [5.41, 5.74) is 2.46. The molecule has 4 aliphatic carbocycles. The predicted octanol–water partition coefficient (Wildman–Crippen LogP) is 5.57. The Morgan fingerprint density at radius 2 is 1.72 bits per heavy atom. The maximum Gasteiger partial charge on any atom is 0.221 e. The first-order chi connectivity index (χ1) is 11.8. The molecule has 1 aromatic carbocycles. The Labute approximate surface area is 167 Å². The van der Waals surface area contributed by atoms with Gasteiger partial charge in [0.15, 0.2) is 0 Å². The van der Waals surface area contributed by atoms with Gasteiger partial charge in [-0.05, 0) is 97.0 Å². The van der Waals surface area contributed by atoms with Crippen LogP contribution in [0, 0.1) is 17.8 Å². The summed E-state index contributed by atoms with van der Waals surface area (Å²) in [6.45, 7) is 2.45. The summed E-state index contributed by atoms with van der Waals surface area (Å²) < 4.78 is 1.98. The van der Waals surface area contributed by atoms with Crippen molar-refractivity contribution in [1.29, 1.82) is 0 Å². The minimum absolute atomic E-state index is 0.0262. The smallest absolute Gasteiger partial charge is 0.221 e. The fourth-order valence-corrected chi connectivity index (χ4v) is 7.44. The third kappa shape index (κ3) is 3.44. The lowest BCUT2D eigenvalue weighted by Crippen LogP contribution is -2.58. The van der Waals surface area contributed by atoms with Crippen LogP contribution in [0.25, 0.3) is 0 Å². The molecule has 0 spiro atoms. The van der Waals surface area contributed by atoms with Gasteiger partial charge in [0.25, 0.3) is 0 Å². The van der Waals surface area contributed by atoms with E-state index in [1.807, 2.05) is 6.07 Å². The number of carbonyl (C=O) groups is 1. The number of hydrogen-bond acceptors (Lipinski definition) is 2. The van der Waals surface area contributed by atoms with E-state index in [1.165, 1.54) is 44.1 Å². The largest absolute Gasteiger partial charge is 0.325 e. The molecule has 4 fully saturated rings. The van der Waals surface area contributed by atoms with Gasteiger partial charge in [-0.1, -0.05) is 15.9 Å². The quantitative estimate of drug-likeness (QED) is 0.624. The van der Waals surface area contributed by atoms with E-state index in [0.717, 1.165) is 38.9 Å². The van der Waals surface area contributed by atoms with Gasteiger partial charge in [0.05, 0.1) is 5.69 Å². The number of hydrogen-bond donors (Lipinski definition) is 1. The number of carbonyl (C=O) groups excluding carboxylic acids is 1. The van der Waals surface area contributed by atoms with Gasteiger partial charge in [-0.15, -0.1) is 0 Å². The molecule has 0 radical (unpaired) electrons. The molecule has 0 atom stereocenters. The Bertz CT molecular complexity index is 668. The zero-order valence-electron chi connectivity index (χ0n) is 14.9. The van der Waals surface area contributed by atoms with Gasteiger partial charge in [0.2, 0.25) is 5.91 Å². The van der Waals surface area contributed by atoms with E-state index < -0.39 is 0 Å². The van der Waals surface area contributed by atoms with Crippen molar-refractivity contribution < 1.29 is 4.79 Å². The SMILES string of the molecule is CC(=O)Nc1c(Br)cc(Br)cc1CN(C)C12CC3CC(CC(C3)C1)C2. The molecule has 3 nitrogen and oxygen atoms in total. The van der Waals surface area contributed by atoms with Crippen molar-refractivity contribution in [3.8, 4) is 0 Å². The molecule has 0 heterocycles. The van der Waals surface area contributed by atoms with E-state index in [0.29, 0.717) is 5.54 Å². The molecular weight excluding hydrogens is 444 g/mol. The second kappa shape index (κ2) is 6.65. The van der Waals surface area contributed by atoms with Gasteiger partial charge in [0.1, 0.15) is 0 Å². The van der Waals surface area contributed by atoms with Crippen molar-refractivity contribution in [1.82, 2.24) is 4.90 Å². The monoisotopic (exact) mass is 468 g/mol.